The first-order valence-electron chi connectivity index (χ1n) is 7.76. The molecule has 0 bridgehead atoms. The Morgan fingerprint density at radius 1 is 1.17 bits per heavy atom. The summed E-state index contributed by atoms with van der Waals surface area (Å²) in [5.41, 5.74) is 3.06. The van der Waals surface area contributed by atoms with Gasteiger partial charge in [-0.3, -0.25) is 9.59 Å². The van der Waals surface area contributed by atoms with Gasteiger partial charge in [-0.05, 0) is 31.5 Å². The summed E-state index contributed by atoms with van der Waals surface area (Å²) in [6, 6.07) is 10.7. The molecule has 0 saturated carbocycles. The molecule has 126 valence electrons. The summed E-state index contributed by atoms with van der Waals surface area (Å²) in [6.45, 7) is 5.83. The highest BCUT2D eigenvalue weighted by molar-refractivity contribution is 6.33. The minimum absolute atomic E-state index is 0.249. The molecule has 0 aliphatic rings. The van der Waals surface area contributed by atoms with Crippen molar-refractivity contribution in [3.8, 4) is 5.75 Å². The van der Waals surface area contributed by atoms with E-state index in [1.54, 1.807) is 31.2 Å². The number of hydrogen-bond donors (Lipinski definition) is 1. The van der Waals surface area contributed by atoms with Crippen LogP contribution in [0, 0.1) is 13.8 Å². The monoisotopic (exact) mass is 345 g/mol. The lowest BCUT2D eigenvalue weighted by atomic mass is 10.1. The molecule has 0 unspecified atom stereocenters. The molecule has 1 amide bonds. The van der Waals surface area contributed by atoms with E-state index in [-0.39, 0.29) is 18.4 Å². The van der Waals surface area contributed by atoms with Crippen LogP contribution in [0.3, 0.4) is 0 Å². The van der Waals surface area contributed by atoms with Crippen molar-refractivity contribution < 1.29 is 14.3 Å². The molecular formula is C19H20ClNO3. The van der Waals surface area contributed by atoms with Crippen molar-refractivity contribution in [1.82, 2.24) is 5.32 Å². The number of ether oxygens (including phenoxy) is 1. The minimum atomic E-state index is -0.305. The van der Waals surface area contributed by atoms with Gasteiger partial charge >= 0.3 is 5.97 Å². The van der Waals surface area contributed by atoms with Crippen LogP contribution in [0.15, 0.2) is 36.4 Å². The number of esters is 1. The highest BCUT2D eigenvalue weighted by atomic mass is 35.5. The van der Waals surface area contributed by atoms with Gasteiger partial charge in [-0.1, -0.05) is 48.4 Å². The van der Waals surface area contributed by atoms with Gasteiger partial charge in [0.25, 0.3) is 5.91 Å². The average Bonchev–Trinajstić information content (AvgIpc) is 2.55. The van der Waals surface area contributed by atoms with E-state index in [1.807, 2.05) is 26.0 Å². The van der Waals surface area contributed by atoms with Gasteiger partial charge in [0.05, 0.1) is 10.6 Å². The molecule has 0 spiro atoms. The molecule has 24 heavy (non-hydrogen) atoms. The van der Waals surface area contributed by atoms with Crippen LogP contribution in [-0.2, 0) is 11.3 Å². The Morgan fingerprint density at radius 2 is 1.88 bits per heavy atom. The Morgan fingerprint density at radius 3 is 2.54 bits per heavy atom. The molecule has 0 saturated heterocycles. The zero-order valence-corrected chi connectivity index (χ0v) is 14.7. The molecule has 0 atom stereocenters. The van der Waals surface area contributed by atoms with Crippen molar-refractivity contribution in [1.29, 1.82) is 0 Å². The number of halogens is 1. The largest absolute Gasteiger partial charge is 0.426 e. The van der Waals surface area contributed by atoms with Gasteiger partial charge in [-0.15, -0.1) is 0 Å². The van der Waals surface area contributed by atoms with Crippen LogP contribution in [-0.4, -0.2) is 11.9 Å². The molecule has 2 aromatic rings. The maximum Gasteiger partial charge on any atom is 0.310 e. The maximum absolute atomic E-state index is 12.3. The smallest absolute Gasteiger partial charge is 0.310 e. The van der Waals surface area contributed by atoms with E-state index < -0.39 is 0 Å². The zero-order valence-electron chi connectivity index (χ0n) is 14.0. The highest BCUT2D eigenvalue weighted by Gasteiger charge is 2.14. The van der Waals surface area contributed by atoms with Crippen molar-refractivity contribution >= 4 is 23.5 Å². The zero-order chi connectivity index (χ0) is 17.7. The normalized spacial score (nSPS) is 10.3. The molecule has 0 aliphatic heterocycles. The van der Waals surface area contributed by atoms with Gasteiger partial charge < -0.3 is 10.1 Å². The lowest BCUT2D eigenvalue weighted by Gasteiger charge is -2.15. The second-order valence-electron chi connectivity index (χ2n) is 5.56. The maximum atomic E-state index is 12.3. The molecule has 0 aromatic heterocycles. The van der Waals surface area contributed by atoms with Crippen LogP contribution in [0.25, 0.3) is 0 Å². The van der Waals surface area contributed by atoms with Crippen LogP contribution in [0.2, 0.25) is 5.02 Å². The number of hydrogen-bond acceptors (Lipinski definition) is 3. The van der Waals surface area contributed by atoms with Crippen LogP contribution < -0.4 is 10.1 Å². The number of benzene rings is 2. The van der Waals surface area contributed by atoms with Crippen molar-refractivity contribution in [3.63, 3.8) is 0 Å². The number of rotatable bonds is 5. The van der Waals surface area contributed by atoms with E-state index in [2.05, 4.69) is 5.32 Å². The molecule has 2 rings (SSSR count). The van der Waals surface area contributed by atoms with Gasteiger partial charge in [0.2, 0.25) is 0 Å². The first kappa shape index (κ1) is 18.0. The molecule has 2 aromatic carbocycles. The van der Waals surface area contributed by atoms with Crippen molar-refractivity contribution in [2.45, 2.75) is 33.7 Å². The first-order chi connectivity index (χ1) is 11.4. The number of nitrogens with one attached hydrogen (secondary N) is 1. The van der Waals surface area contributed by atoms with Crippen molar-refractivity contribution in [2.75, 3.05) is 0 Å². The fourth-order valence-electron chi connectivity index (χ4n) is 2.42. The SMILES string of the molecule is CCC(=O)Oc1c(C)cc(C)cc1CNC(=O)c1ccccc1Cl. The summed E-state index contributed by atoms with van der Waals surface area (Å²) >= 11 is 6.04. The predicted molar refractivity (Wildman–Crippen MR) is 94.5 cm³/mol. The highest BCUT2D eigenvalue weighted by Crippen LogP contribution is 2.26. The van der Waals surface area contributed by atoms with E-state index >= 15 is 0 Å². The Labute approximate surface area is 146 Å². The summed E-state index contributed by atoms with van der Waals surface area (Å²) in [4.78, 5) is 23.9. The van der Waals surface area contributed by atoms with E-state index in [4.69, 9.17) is 16.3 Å². The van der Waals surface area contributed by atoms with Crippen LogP contribution >= 0.6 is 11.6 Å². The number of carbonyl (C=O) groups excluding carboxylic acids is 2. The van der Waals surface area contributed by atoms with E-state index in [9.17, 15) is 9.59 Å². The topological polar surface area (TPSA) is 55.4 Å². The Hall–Kier alpha value is -2.33. The second kappa shape index (κ2) is 7.97. The van der Waals surface area contributed by atoms with Crippen LogP contribution in [0.5, 0.6) is 5.75 Å². The number of amides is 1. The fourth-order valence-corrected chi connectivity index (χ4v) is 2.64. The van der Waals surface area contributed by atoms with Crippen molar-refractivity contribution in [3.05, 3.63) is 63.7 Å². The number of aryl methyl sites for hydroxylation is 2. The van der Waals surface area contributed by atoms with Crippen LogP contribution in [0.1, 0.15) is 40.4 Å². The van der Waals surface area contributed by atoms with Crippen LogP contribution in [0.4, 0.5) is 0 Å². The molecular weight excluding hydrogens is 326 g/mol. The molecule has 0 aliphatic carbocycles. The summed E-state index contributed by atoms with van der Waals surface area (Å²) in [6.07, 6.45) is 0.290. The minimum Gasteiger partial charge on any atom is -0.426 e. The van der Waals surface area contributed by atoms with E-state index in [1.165, 1.54) is 0 Å². The Bertz CT molecular complexity index is 771. The van der Waals surface area contributed by atoms with Crippen molar-refractivity contribution in [2.24, 2.45) is 0 Å². The summed E-state index contributed by atoms with van der Waals surface area (Å²) < 4.78 is 5.43. The predicted octanol–water partition coefficient (Wildman–Crippen LogP) is 4.20. The summed E-state index contributed by atoms with van der Waals surface area (Å²) in [5, 5.41) is 3.22. The molecule has 0 fully saturated rings. The lowest BCUT2D eigenvalue weighted by Crippen LogP contribution is -2.24. The van der Waals surface area contributed by atoms with Gasteiger partial charge in [-0.25, -0.2) is 0 Å². The molecule has 0 radical (unpaired) electrons. The Kier molecular flexibility index (Phi) is 5.99. The quantitative estimate of drug-likeness (QED) is 0.652. The third-order valence-electron chi connectivity index (χ3n) is 3.56. The van der Waals surface area contributed by atoms with E-state index in [0.29, 0.717) is 22.8 Å². The second-order valence-corrected chi connectivity index (χ2v) is 5.97. The summed E-state index contributed by atoms with van der Waals surface area (Å²) in [5.74, 6) is -0.0694. The fraction of sp³-hybridized carbons (Fsp3) is 0.263. The lowest BCUT2D eigenvalue weighted by molar-refractivity contribution is -0.134. The molecule has 4 nitrogen and oxygen atoms in total. The standard InChI is InChI=1S/C19H20ClNO3/c1-4-17(22)24-18-13(3)9-12(2)10-14(18)11-21-19(23)15-7-5-6-8-16(15)20/h5-10H,4,11H2,1-3H3,(H,21,23). The third kappa shape index (κ3) is 4.36. The number of carbonyl (C=O) groups is 2. The van der Waals surface area contributed by atoms with E-state index in [0.717, 1.165) is 16.7 Å². The molecule has 0 heterocycles. The van der Waals surface area contributed by atoms with Gasteiger partial charge in [0.15, 0.2) is 0 Å². The summed E-state index contributed by atoms with van der Waals surface area (Å²) in [7, 11) is 0. The van der Waals surface area contributed by atoms with Gasteiger partial charge in [0.1, 0.15) is 5.75 Å². The van der Waals surface area contributed by atoms with Gasteiger partial charge in [0, 0.05) is 18.5 Å². The average molecular weight is 346 g/mol. The Balaban J connectivity index is 2.21. The van der Waals surface area contributed by atoms with Gasteiger partial charge in [-0.2, -0.15) is 0 Å². The third-order valence-corrected chi connectivity index (χ3v) is 3.89. The molecule has 1 N–H and O–H groups in total. The first-order valence-corrected chi connectivity index (χ1v) is 8.13. The molecule has 5 heteroatoms.